The SMILES string of the molecule is CCCc1cc(C)cc(C)c1-c1ccc(O)cc1. The minimum absolute atomic E-state index is 0.320. The molecule has 2 rings (SSSR count). The van der Waals surface area contributed by atoms with Gasteiger partial charge in [-0.2, -0.15) is 0 Å². The van der Waals surface area contributed by atoms with E-state index >= 15 is 0 Å². The number of phenols is 1. The first-order valence-electron chi connectivity index (χ1n) is 6.51. The maximum absolute atomic E-state index is 9.39. The third-order valence-corrected chi connectivity index (χ3v) is 3.24. The molecule has 1 N–H and O–H groups in total. The Bertz CT molecular complexity index is 538. The third kappa shape index (κ3) is 2.56. The monoisotopic (exact) mass is 240 g/mol. The molecule has 0 unspecified atom stereocenters. The molecule has 18 heavy (non-hydrogen) atoms. The molecule has 0 heterocycles. The van der Waals surface area contributed by atoms with E-state index in [4.69, 9.17) is 0 Å². The molecule has 0 bridgehead atoms. The van der Waals surface area contributed by atoms with Crippen LogP contribution in [-0.2, 0) is 6.42 Å². The van der Waals surface area contributed by atoms with Crippen LogP contribution in [0.3, 0.4) is 0 Å². The summed E-state index contributed by atoms with van der Waals surface area (Å²) in [6, 6.07) is 12.0. The number of rotatable bonds is 3. The molecule has 1 heteroatoms. The predicted octanol–water partition coefficient (Wildman–Crippen LogP) is 4.63. The average Bonchev–Trinajstić information content (AvgIpc) is 2.31. The van der Waals surface area contributed by atoms with Gasteiger partial charge in [-0.15, -0.1) is 0 Å². The maximum atomic E-state index is 9.39. The molecule has 0 radical (unpaired) electrons. The fourth-order valence-electron chi connectivity index (χ4n) is 2.56. The second-order valence-corrected chi connectivity index (χ2v) is 4.91. The average molecular weight is 240 g/mol. The standard InChI is InChI=1S/C17H20O/c1-4-5-15-11-12(2)10-13(3)17(15)14-6-8-16(18)9-7-14/h6-11,18H,4-5H2,1-3H3. The molecule has 0 amide bonds. The summed E-state index contributed by atoms with van der Waals surface area (Å²) in [5, 5.41) is 9.39. The summed E-state index contributed by atoms with van der Waals surface area (Å²) >= 11 is 0. The van der Waals surface area contributed by atoms with Crippen LogP contribution < -0.4 is 0 Å². The van der Waals surface area contributed by atoms with Crippen LogP contribution >= 0.6 is 0 Å². The maximum Gasteiger partial charge on any atom is 0.115 e. The molecule has 2 aromatic rings. The van der Waals surface area contributed by atoms with Crippen LogP contribution in [0.4, 0.5) is 0 Å². The number of hydrogen-bond donors (Lipinski definition) is 1. The van der Waals surface area contributed by atoms with Gasteiger partial charge in [-0.25, -0.2) is 0 Å². The van der Waals surface area contributed by atoms with Gasteiger partial charge in [0.1, 0.15) is 5.75 Å². The number of hydrogen-bond acceptors (Lipinski definition) is 1. The molecule has 0 aliphatic heterocycles. The molecular weight excluding hydrogens is 220 g/mol. The van der Waals surface area contributed by atoms with E-state index in [-0.39, 0.29) is 0 Å². The van der Waals surface area contributed by atoms with E-state index in [9.17, 15) is 5.11 Å². The quantitative estimate of drug-likeness (QED) is 0.829. The highest BCUT2D eigenvalue weighted by atomic mass is 16.3. The first kappa shape index (κ1) is 12.7. The zero-order chi connectivity index (χ0) is 13.1. The predicted molar refractivity (Wildman–Crippen MR) is 77.0 cm³/mol. The molecule has 0 aliphatic rings. The molecule has 0 spiro atoms. The Morgan fingerprint density at radius 1 is 1.00 bits per heavy atom. The van der Waals surface area contributed by atoms with E-state index in [0.29, 0.717) is 5.75 Å². The molecule has 1 nitrogen and oxygen atoms in total. The van der Waals surface area contributed by atoms with Crippen LogP contribution in [-0.4, -0.2) is 5.11 Å². The molecule has 2 aromatic carbocycles. The van der Waals surface area contributed by atoms with Gasteiger partial charge < -0.3 is 5.11 Å². The van der Waals surface area contributed by atoms with E-state index in [1.54, 1.807) is 12.1 Å². The number of aromatic hydroxyl groups is 1. The summed E-state index contributed by atoms with van der Waals surface area (Å²) in [4.78, 5) is 0. The smallest absolute Gasteiger partial charge is 0.115 e. The van der Waals surface area contributed by atoms with Crippen molar-refractivity contribution in [1.29, 1.82) is 0 Å². The van der Waals surface area contributed by atoms with Gasteiger partial charge in [0.05, 0.1) is 0 Å². The van der Waals surface area contributed by atoms with Crippen molar-refractivity contribution < 1.29 is 5.11 Å². The second kappa shape index (κ2) is 5.26. The zero-order valence-electron chi connectivity index (χ0n) is 11.3. The lowest BCUT2D eigenvalue weighted by atomic mass is 9.91. The van der Waals surface area contributed by atoms with Crippen LogP contribution in [0.25, 0.3) is 11.1 Å². The van der Waals surface area contributed by atoms with Gasteiger partial charge in [-0.05, 0) is 54.7 Å². The molecule has 0 aliphatic carbocycles. The van der Waals surface area contributed by atoms with E-state index in [0.717, 1.165) is 12.8 Å². The molecule has 0 aromatic heterocycles. The van der Waals surface area contributed by atoms with Crippen LogP contribution in [0.1, 0.15) is 30.0 Å². The first-order valence-corrected chi connectivity index (χ1v) is 6.51. The Balaban J connectivity index is 2.57. The summed E-state index contributed by atoms with van der Waals surface area (Å²) in [6.45, 7) is 6.51. The fraction of sp³-hybridized carbons (Fsp3) is 0.294. The molecule has 0 saturated carbocycles. The fourth-order valence-corrected chi connectivity index (χ4v) is 2.56. The Morgan fingerprint density at radius 3 is 2.28 bits per heavy atom. The van der Waals surface area contributed by atoms with Crippen molar-refractivity contribution >= 4 is 0 Å². The molecule has 0 saturated heterocycles. The zero-order valence-corrected chi connectivity index (χ0v) is 11.3. The lowest BCUT2D eigenvalue weighted by Gasteiger charge is -2.14. The van der Waals surface area contributed by atoms with Gasteiger partial charge in [0.25, 0.3) is 0 Å². The first-order chi connectivity index (χ1) is 8.61. The summed E-state index contributed by atoms with van der Waals surface area (Å²) in [5.41, 5.74) is 6.54. The Hall–Kier alpha value is -1.76. The molecule has 0 atom stereocenters. The molecule has 0 fully saturated rings. The van der Waals surface area contributed by atoms with Crippen molar-refractivity contribution in [1.82, 2.24) is 0 Å². The highest BCUT2D eigenvalue weighted by Crippen LogP contribution is 2.30. The van der Waals surface area contributed by atoms with E-state index in [2.05, 4.69) is 32.9 Å². The van der Waals surface area contributed by atoms with Crippen molar-refractivity contribution in [2.24, 2.45) is 0 Å². The summed E-state index contributed by atoms with van der Waals surface area (Å²) in [5.74, 6) is 0.320. The molecular formula is C17H20O. The Kier molecular flexibility index (Phi) is 3.71. The second-order valence-electron chi connectivity index (χ2n) is 4.91. The lowest BCUT2D eigenvalue weighted by Crippen LogP contribution is -1.94. The van der Waals surface area contributed by atoms with E-state index < -0.39 is 0 Å². The van der Waals surface area contributed by atoms with Gasteiger partial charge in [0.2, 0.25) is 0 Å². The Labute approximate surface area is 109 Å². The molecule has 94 valence electrons. The van der Waals surface area contributed by atoms with Crippen molar-refractivity contribution in [2.45, 2.75) is 33.6 Å². The number of aryl methyl sites for hydroxylation is 3. The van der Waals surface area contributed by atoms with Crippen LogP contribution in [0.2, 0.25) is 0 Å². The van der Waals surface area contributed by atoms with Crippen molar-refractivity contribution in [2.75, 3.05) is 0 Å². The van der Waals surface area contributed by atoms with Crippen molar-refractivity contribution in [3.05, 3.63) is 53.1 Å². The summed E-state index contributed by atoms with van der Waals surface area (Å²) < 4.78 is 0. The van der Waals surface area contributed by atoms with Crippen LogP contribution in [0.15, 0.2) is 36.4 Å². The minimum atomic E-state index is 0.320. The summed E-state index contributed by atoms with van der Waals surface area (Å²) in [7, 11) is 0. The van der Waals surface area contributed by atoms with Gasteiger partial charge in [-0.1, -0.05) is 43.2 Å². The third-order valence-electron chi connectivity index (χ3n) is 3.24. The van der Waals surface area contributed by atoms with Gasteiger partial charge in [-0.3, -0.25) is 0 Å². The highest BCUT2D eigenvalue weighted by molar-refractivity contribution is 5.72. The number of benzene rings is 2. The minimum Gasteiger partial charge on any atom is -0.508 e. The van der Waals surface area contributed by atoms with Gasteiger partial charge in [0, 0.05) is 0 Å². The van der Waals surface area contributed by atoms with Crippen molar-refractivity contribution in [3.63, 3.8) is 0 Å². The topological polar surface area (TPSA) is 20.2 Å². The normalized spacial score (nSPS) is 10.6. The van der Waals surface area contributed by atoms with Gasteiger partial charge in [0.15, 0.2) is 0 Å². The van der Waals surface area contributed by atoms with E-state index in [1.165, 1.54) is 27.8 Å². The lowest BCUT2D eigenvalue weighted by molar-refractivity contribution is 0.475. The summed E-state index contributed by atoms with van der Waals surface area (Å²) in [6.07, 6.45) is 2.24. The van der Waals surface area contributed by atoms with Gasteiger partial charge >= 0.3 is 0 Å². The van der Waals surface area contributed by atoms with Crippen LogP contribution in [0.5, 0.6) is 5.75 Å². The largest absolute Gasteiger partial charge is 0.508 e. The van der Waals surface area contributed by atoms with Crippen molar-refractivity contribution in [3.8, 4) is 16.9 Å². The van der Waals surface area contributed by atoms with Crippen LogP contribution in [0, 0.1) is 13.8 Å². The van der Waals surface area contributed by atoms with E-state index in [1.807, 2.05) is 12.1 Å². The Morgan fingerprint density at radius 2 is 1.67 bits per heavy atom. The number of phenolic OH excluding ortho intramolecular Hbond substituents is 1. The highest BCUT2D eigenvalue weighted by Gasteiger charge is 2.09.